The zero-order valence-corrected chi connectivity index (χ0v) is 17.7. The number of fused-ring (bicyclic) bond motifs is 1. The van der Waals surface area contributed by atoms with Crippen LogP contribution in [0.3, 0.4) is 0 Å². The molecule has 0 spiro atoms. The second kappa shape index (κ2) is 8.48. The largest absolute Gasteiger partial charge is 0.416 e. The van der Waals surface area contributed by atoms with E-state index in [0.717, 1.165) is 29.3 Å². The summed E-state index contributed by atoms with van der Waals surface area (Å²) in [7, 11) is 0. The SMILES string of the molecule is Cc1ccc(C2CC3C(=O)N(CC(=O)Nc4cc(C(F)(F)F)ccc4Cl)C=CN3N2)cc1. The van der Waals surface area contributed by atoms with Crippen molar-refractivity contribution in [3.05, 3.63) is 76.6 Å². The maximum atomic E-state index is 12.9. The summed E-state index contributed by atoms with van der Waals surface area (Å²) in [5, 5.41) is 4.05. The van der Waals surface area contributed by atoms with E-state index in [1.807, 2.05) is 31.2 Å². The molecule has 0 radical (unpaired) electrons. The van der Waals surface area contributed by atoms with E-state index >= 15 is 0 Å². The first kappa shape index (κ1) is 22.2. The number of alkyl halides is 3. The van der Waals surface area contributed by atoms with Crippen LogP contribution in [-0.2, 0) is 15.8 Å². The normalized spacial score (nSPS) is 20.5. The number of halogens is 4. The van der Waals surface area contributed by atoms with Crippen LogP contribution < -0.4 is 10.7 Å². The van der Waals surface area contributed by atoms with Gasteiger partial charge in [0.15, 0.2) is 0 Å². The Hall–Kier alpha value is -3.04. The highest BCUT2D eigenvalue weighted by Crippen LogP contribution is 2.34. The molecule has 0 aromatic heterocycles. The van der Waals surface area contributed by atoms with Crippen molar-refractivity contribution in [2.75, 3.05) is 11.9 Å². The fraction of sp³-hybridized carbons (Fsp3) is 0.273. The van der Waals surface area contributed by atoms with Gasteiger partial charge in [0.05, 0.1) is 22.3 Å². The predicted molar refractivity (Wildman–Crippen MR) is 113 cm³/mol. The maximum absolute atomic E-state index is 12.9. The summed E-state index contributed by atoms with van der Waals surface area (Å²) in [5.74, 6) is -0.932. The Balaban J connectivity index is 1.41. The molecule has 10 heteroatoms. The second-order valence-corrected chi connectivity index (χ2v) is 8.16. The molecule has 2 atom stereocenters. The molecule has 168 valence electrons. The minimum atomic E-state index is -4.57. The number of nitrogens with one attached hydrogen (secondary N) is 2. The molecule has 32 heavy (non-hydrogen) atoms. The molecule has 0 bridgehead atoms. The van der Waals surface area contributed by atoms with Crippen molar-refractivity contribution in [1.82, 2.24) is 15.3 Å². The van der Waals surface area contributed by atoms with E-state index in [1.165, 1.54) is 11.1 Å². The predicted octanol–water partition coefficient (Wildman–Crippen LogP) is 4.24. The fourth-order valence-electron chi connectivity index (χ4n) is 3.73. The quantitative estimate of drug-likeness (QED) is 0.710. The molecule has 2 N–H and O–H groups in total. The Kier molecular flexibility index (Phi) is 5.87. The molecule has 2 unspecified atom stereocenters. The molecule has 2 aliphatic rings. The van der Waals surface area contributed by atoms with Gasteiger partial charge in [-0.2, -0.15) is 13.2 Å². The highest BCUT2D eigenvalue weighted by molar-refractivity contribution is 6.33. The van der Waals surface area contributed by atoms with Crippen LogP contribution in [-0.4, -0.2) is 34.3 Å². The Morgan fingerprint density at radius 2 is 1.91 bits per heavy atom. The highest BCUT2D eigenvalue weighted by Gasteiger charge is 2.40. The third kappa shape index (κ3) is 4.58. The van der Waals surface area contributed by atoms with Crippen LogP contribution >= 0.6 is 11.6 Å². The first-order chi connectivity index (χ1) is 15.1. The van der Waals surface area contributed by atoms with Crippen LogP contribution in [0.1, 0.15) is 29.2 Å². The summed E-state index contributed by atoms with van der Waals surface area (Å²) in [6.07, 6.45) is -0.909. The minimum absolute atomic E-state index is 0.0287. The molecule has 2 aromatic carbocycles. The third-order valence-corrected chi connectivity index (χ3v) is 5.77. The monoisotopic (exact) mass is 464 g/mol. The zero-order chi connectivity index (χ0) is 23.0. The lowest BCUT2D eigenvalue weighted by atomic mass is 10.00. The van der Waals surface area contributed by atoms with E-state index in [1.54, 1.807) is 11.2 Å². The fourth-order valence-corrected chi connectivity index (χ4v) is 3.89. The molecule has 2 heterocycles. The van der Waals surface area contributed by atoms with Crippen molar-refractivity contribution in [3.63, 3.8) is 0 Å². The molecule has 2 amide bonds. The third-order valence-electron chi connectivity index (χ3n) is 5.44. The van der Waals surface area contributed by atoms with Crippen molar-refractivity contribution in [2.45, 2.75) is 31.6 Å². The average molecular weight is 465 g/mol. The number of amides is 2. The number of carbonyl (C=O) groups is 2. The van der Waals surface area contributed by atoms with Crippen molar-refractivity contribution in [1.29, 1.82) is 0 Å². The minimum Gasteiger partial charge on any atom is -0.323 e. The van der Waals surface area contributed by atoms with Gasteiger partial charge in [-0.15, -0.1) is 0 Å². The smallest absolute Gasteiger partial charge is 0.323 e. The summed E-state index contributed by atoms with van der Waals surface area (Å²) < 4.78 is 38.8. The Morgan fingerprint density at radius 3 is 2.59 bits per heavy atom. The zero-order valence-electron chi connectivity index (χ0n) is 17.0. The number of hydrazine groups is 1. The van der Waals surface area contributed by atoms with Gasteiger partial charge in [-0.3, -0.25) is 9.59 Å². The first-order valence-electron chi connectivity index (χ1n) is 9.88. The lowest BCUT2D eigenvalue weighted by molar-refractivity contribution is -0.137. The van der Waals surface area contributed by atoms with Crippen molar-refractivity contribution in [2.24, 2.45) is 0 Å². The summed E-state index contributed by atoms with van der Waals surface area (Å²) >= 11 is 5.93. The molecule has 1 saturated heterocycles. The number of anilines is 1. The second-order valence-electron chi connectivity index (χ2n) is 7.76. The van der Waals surface area contributed by atoms with Gasteiger partial charge in [0.25, 0.3) is 5.91 Å². The molecule has 1 fully saturated rings. The van der Waals surface area contributed by atoms with E-state index < -0.39 is 23.7 Å². The van der Waals surface area contributed by atoms with Crippen LogP contribution in [0.5, 0.6) is 0 Å². The van der Waals surface area contributed by atoms with Crippen LogP contribution in [0.4, 0.5) is 18.9 Å². The number of aryl methyl sites for hydroxylation is 1. The van der Waals surface area contributed by atoms with Crippen molar-refractivity contribution in [3.8, 4) is 0 Å². The van der Waals surface area contributed by atoms with E-state index in [9.17, 15) is 22.8 Å². The van der Waals surface area contributed by atoms with E-state index in [0.29, 0.717) is 6.42 Å². The van der Waals surface area contributed by atoms with Gasteiger partial charge in [0.1, 0.15) is 12.6 Å². The van der Waals surface area contributed by atoms with Crippen LogP contribution in [0.25, 0.3) is 0 Å². The van der Waals surface area contributed by atoms with E-state index in [-0.39, 0.29) is 29.2 Å². The number of nitrogens with zero attached hydrogens (tertiary/aromatic N) is 2. The van der Waals surface area contributed by atoms with Gasteiger partial charge in [-0.25, -0.2) is 5.43 Å². The van der Waals surface area contributed by atoms with Gasteiger partial charge in [0, 0.05) is 12.4 Å². The van der Waals surface area contributed by atoms with Crippen molar-refractivity contribution >= 4 is 29.1 Å². The standard InChI is InChI=1S/C22H20ClF3N4O2/c1-13-2-4-14(5-3-13)17-11-19-21(32)29(8-9-30(19)28-17)12-20(31)27-18-10-15(22(24,25)26)6-7-16(18)23/h2-10,17,19,28H,11-12H2,1H3,(H,27,31). The summed E-state index contributed by atoms with van der Waals surface area (Å²) in [4.78, 5) is 26.6. The Morgan fingerprint density at radius 1 is 1.19 bits per heavy atom. The Labute approximate surface area is 187 Å². The number of benzene rings is 2. The number of rotatable bonds is 4. The highest BCUT2D eigenvalue weighted by atomic mass is 35.5. The van der Waals surface area contributed by atoms with Crippen LogP contribution in [0, 0.1) is 6.92 Å². The number of hydrogen-bond donors (Lipinski definition) is 2. The van der Waals surface area contributed by atoms with Gasteiger partial charge in [-0.05, 0) is 37.1 Å². The van der Waals surface area contributed by atoms with Gasteiger partial charge < -0.3 is 15.2 Å². The molecule has 2 aliphatic heterocycles. The molecular formula is C22H20ClF3N4O2. The average Bonchev–Trinajstić information content (AvgIpc) is 3.16. The van der Waals surface area contributed by atoms with Gasteiger partial charge >= 0.3 is 6.18 Å². The van der Waals surface area contributed by atoms with Gasteiger partial charge in [0.2, 0.25) is 5.91 Å². The van der Waals surface area contributed by atoms with E-state index in [2.05, 4.69) is 10.7 Å². The first-order valence-corrected chi connectivity index (χ1v) is 10.3. The Bertz CT molecular complexity index is 1070. The molecule has 2 aromatic rings. The molecule has 0 aliphatic carbocycles. The van der Waals surface area contributed by atoms with E-state index in [4.69, 9.17) is 11.6 Å². The van der Waals surface area contributed by atoms with Crippen LogP contribution in [0.15, 0.2) is 54.9 Å². The molecular weight excluding hydrogens is 445 g/mol. The summed E-state index contributed by atoms with van der Waals surface area (Å²) in [5.41, 5.74) is 4.37. The maximum Gasteiger partial charge on any atom is 0.416 e. The number of carbonyl (C=O) groups excluding carboxylic acids is 2. The molecule has 0 saturated carbocycles. The topological polar surface area (TPSA) is 64.7 Å². The lowest BCUT2D eigenvalue weighted by Crippen LogP contribution is -2.49. The lowest BCUT2D eigenvalue weighted by Gasteiger charge is -2.31. The molecule has 6 nitrogen and oxygen atoms in total. The van der Waals surface area contributed by atoms with Crippen molar-refractivity contribution < 1.29 is 22.8 Å². The van der Waals surface area contributed by atoms with Crippen LogP contribution in [0.2, 0.25) is 5.02 Å². The number of hydrogen-bond acceptors (Lipinski definition) is 4. The summed E-state index contributed by atoms with van der Waals surface area (Å²) in [6.45, 7) is 1.65. The molecule has 4 rings (SSSR count). The summed E-state index contributed by atoms with van der Waals surface area (Å²) in [6, 6.07) is 10.1. The van der Waals surface area contributed by atoms with Gasteiger partial charge in [-0.1, -0.05) is 41.4 Å².